The van der Waals surface area contributed by atoms with E-state index >= 15 is 0 Å². The Kier molecular flexibility index (Phi) is 8.33. The third kappa shape index (κ3) is 6.68. The second kappa shape index (κ2) is 11.0. The summed E-state index contributed by atoms with van der Waals surface area (Å²) in [5.41, 5.74) is 5.20. The van der Waals surface area contributed by atoms with Gasteiger partial charge in [0.15, 0.2) is 0 Å². The van der Waals surface area contributed by atoms with Crippen LogP contribution in [0.25, 0.3) is 11.1 Å². The number of hydrogen-bond acceptors (Lipinski definition) is 6. The van der Waals surface area contributed by atoms with Crippen LogP contribution in [0.4, 0.5) is 5.69 Å². The van der Waals surface area contributed by atoms with E-state index < -0.39 is 0 Å². The van der Waals surface area contributed by atoms with Crippen LogP contribution in [-0.4, -0.2) is 41.7 Å². The fraction of sp³-hybridized carbons (Fsp3) is 0.593. The second-order valence-electron chi connectivity index (χ2n) is 10.0. The molecule has 0 unspecified atom stereocenters. The molecule has 0 atom stereocenters. The number of hydrogen-bond donors (Lipinski definition) is 0. The average Bonchev–Trinajstić information content (AvgIpc) is 2.76. The molecule has 0 aliphatic carbocycles. The van der Waals surface area contributed by atoms with E-state index in [1.54, 1.807) is 0 Å². The van der Waals surface area contributed by atoms with Crippen LogP contribution in [0.5, 0.6) is 5.88 Å². The highest BCUT2D eigenvalue weighted by molar-refractivity contribution is 5.85. The van der Waals surface area contributed by atoms with Gasteiger partial charge in [-0.3, -0.25) is 9.78 Å². The number of aromatic nitrogens is 2. The fourth-order valence-corrected chi connectivity index (χ4v) is 4.15. The summed E-state index contributed by atoms with van der Waals surface area (Å²) in [6.07, 6.45) is 8.14. The van der Waals surface area contributed by atoms with Crippen molar-refractivity contribution in [3.05, 3.63) is 35.8 Å². The minimum Gasteiger partial charge on any atom is -0.478 e. The smallest absolute Gasteiger partial charge is 0.310 e. The zero-order chi connectivity index (χ0) is 24.0. The molecule has 0 bridgehead atoms. The monoisotopic (exact) mass is 453 g/mol. The van der Waals surface area contributed by atoms with E-state index in [-0.39, 0.29) is 18.5 Å². The van der Waals surface area contributed by atoms with Crippen LogP contribution in [0.3, 0.4) is 0 Å². The topological polar surface area (TPSA) is 64.6 Å². The molecule has 6 nitrogen and oxygen atoms in total. The molecule has 0 aromatic carbocycles. The zero-order valence-corrected chi connectivity index (χ0v) is 21.1. The lowest BCUT2D eigenvalue weighted by Gasteiger charge is -2.40. The van der Waals surface area contributed by atoms with Gasteiger partial charge in [0, 0.05) is 53.9 Å². The molecule has 1 aliphatic rings. The molecule has 0 amide bonds. The number of carbonyl (C=O) groups excluding carboxylic acids is 1. The van der Waals surface area contributed by atoms with Crippen LogP contribution in [0, 0.1) is 12.3 Å². The number of pyridine rings is 2. The predicted octanol–water partition coefficient (Wildman–Crippen LogP) is 5.75. The Hall–Kier alpha value is -2.63. The normalized spacial score (nSPS) is 15.5. The molecular formula is C27H39N3O3. The Balaban J connectivity index is 1.98. The molecule has 0 spiro atoms. The Labute approximate surface area is 198 Å². The summed E-state index contributed by atoms with van der Waals surface area (Å²) < 4.78 is 11.2. The molecule has 3 rings (SSSR count). The quantitative estimate of drug-likeness (QED) is 0.356. The Morgan fingerprint density at radius 3 is 2.48 bits per heavy atom. The Bertz CT molecular complexity index is 928. The molecule has 180 valence electrons. The molecular weight excluding hydrogens is 414 g/mol. The van der Waals surface area contributed by atoms with Gasteiger partial charge in [0.05, 0.1) is 24.8 Å². The molecule has 0 N–H and O–H groups in total. The molecule has 2 aromatic rings. The number of unbranched alkanes of at least 4 members (excludes halogenated alkanes) is 1. The molecule has 2 aromatic heterocycles. The zero-order valence-electron chi connectivity index (χ0n) is 21.1. The van der Waals surface area contributed by atoms with E-state index in [1.807, 2.05) is 45.3 Å². The minimum atomic E-state index is -0.219. The first-order valence-corrected chi connectivity index (χ1v) is 12.2. The number of carbonyl (C=O) groups is 1. The molecule has 33 heavy (non-hydrogen) atoms. The summed E-state index contributed by atoms with van der Waals surface area (Å²) in [6.45, 7) is 15.1. The number of aryl methyl sites for hydroxylation is 1. The van der Waals surface area contributed by atoms with Gasteiger partial charge in [-0.05, 0) is 51.5 Å². The van der Waals surface area contributed by atoms with Crippen molar-refractivity contribution in [2.45, 2.75) is 79.8 Å². The van der Waals surface area contributed by atoms with E-state index in [1.165, 1.54) is 0 Å². The lowest BCUT2D eigenvalue weighted by atomic mass is 9.82. The van der Waals surface area contributed by atoms with Crippen molar-refractivity contribution in [1.29, 1.82) is 0 Å². The first-order valence-electron chi connectivity index (χ1n) is 12.2. The summed E-state index contributed by atoms with van der Waals surface area (Å²) in [7, 11) is 0. The van der Waals surface area contributed by atoms with Crippen molar-refractivity contribution in [3.8, 4) is 17.0 Å². The van der Waals surface area contributed by atoms with E-state index in [9.17, 15) is 4.79 Å². The summed E-state index contributed by atoms with van der Waals surface area (Å²) >= 11 is 0. The van der Waals surface area contributed by atoms with Crippen LogP contribution >= 0.6 is 0 Å². The summed E-state index contributed by atoms with van der Waals surface area (Å²) in [5, 5.41) is 0. The van der Waals surface area contributed by atoms with Crippen LogP contribution in [0.1, 0.15) is 71.6 Å². The standard InChI is InChI=1S/C27H39N3O3/c1-7-8-15-32-24-10-9-21(17-29-24)23-18-28-20(4)22(16-25(31)33-19(2)3)26(23)30-13-11-27(5,6)12-14-30/h9-10,17-19H,7-8,11-16H2,1-6H3. The second-order valence-corrected chi connectivity index (χ2v) is 10.0. The molecule has 6 heteroatoms. The molecule has 1 fully saturated rings. The van der Waals surface area contributed by atoms with Gasteiger partial charge in [-0.1, -0.05) is 27.2 Å². The van der Waals surface area contributed by atoms with Crippen molar-refractivity contribution < 1.29 is 14.3 Å². The maximum atomic E-state index is 12.6. The van der Waals surface area contributed by atoms with Crippen molar-refractivity contribution in [2.24, 2.45) is 5.41 Å². The van der Waals surface area contributed by atoms with E-state index in [4.69, 9.17) is 9.47 Å². The van der Waals surface area contributed by atoms with Gasteiger partial charge in [-0.25, -0.2) is 4.98 Å². The molecule has 1 saturated heterocycles. The van der Waals surface area contributed by atoms with Gasteiger partial charge in [-0.15, -0.1) is 0 Å². The van der Waals surface area contributed by atoms with Crippen LogP contribution in [-0.2, 0) is 16.0 Å². The number of anilines is 1. The van der Waals surface area contributed by atoms with Gasteiger partial charge < -0.3 is 14.4 Å². The van der Waals surface area contributed by atoms with Crippen LogP contribution in [0.15, 0.2) is 24.5 Å². The first kappa shape index (κ1) is 25.0. The van der Waals surface area contributed by atoms with Gasteiger partial charge >= 0.3 is 5.97 Å². The maximum Gasteiger partial charge on any atom is 0.310 e. The summed E-state index contributed by atoms with van der Waals surface area (Å²) in [6, 6.07) is 3.95. The lowest BCUT2D eigenvalue weighted by molar-refractivity contribution is -0.146. The molecule has 0 radical (unpaired) electrons. The highest BCUT2D eigenvalue weighted by Gasteiger charge is 2.29. The number of rotatable bonds is 9. The number of esters is 1. The van der Waals surface area contributed by atoms with Gasteiger partial charge in [0.25, 0.3) is 0 Å². The van der Waals surface area contributed by atoms with Gasteiger partial charge in [-0.2, -0.15) is 0 Å². The largest absolute Gasteiger partial charge is 0.478 e. The first-order chi connectivity index (χ1) is 15.7. The predicted molar refractivity (Wildman–Crippen MR) is 133 cm³/mol. The molecule has 1 aliphatic heterocycles. The number of piperidine rings is 1. The van der Waals surface area contributed by atoms with Gasteiger partial charge in [0.1, 0.15) is 0 Å². The van der Waals surface area contributed by atoms with Crippen molar-refractivity contribution >= 4 is 11.7 Å². The third-order valence-electron chi connectivity index (χ3n) is 6.28. The lowest BCUT2D eigenvalue weighted by Crippen LogP contribution is -2.38. The molecule has 0 saturated carbocycles. The van der Waals surface area contributed by atoms with E-state index in [2.05, 4.69) is 35.6 Å². The van der Waals surface area contributed by atoms with Crippen molar-refractivity contribution in [3.63, 3.8) is 0 Å². The minimum absolute atomic E-state index is 0.141. The average molecular weight is 454 g/mol. The van der Waals surface area contributed by atoms with Crippen LogP contribution < -0.4 is 9.64 Å². The van der Waals surface area contributed by atoms with E-state index in [0.717, 1.165) is 66.8 Å². The van der Waals surface area contributed by atoms with Crippen LogP contribution in [0.2, 0.25) is 0 Å². The highest BCUT2D eigenvalue weighted by atomic mass is 16.5. The summed E-state index contributed by atoms with van der Waals surface area (Å²) in [5.74, 6) is 0.415. The Morgan fingerprint density at radius 2 is 1.88 bits per heavy atom. The fourth-order valence-electron chi connectivity index (χ4n) is 4.15. The number of ether oxygens (including phenoxy) is 2. The SMILES string of the molecule is CCCCOc1ccc(-c2cnc(C)c(CC(=O)OC(C)C)c2N2CCC(C)(C)CC2)cn1. The Morgan fingerprint density at radius 1 is 1.15 bits per heavy atom. The van der Waals surface area contributed by atoms with Crippen molar-refractivity contribution in [1.82, 2.24) is 9.97 Å². The third-order valence-corrected chi connectivity index (χ3v) is 6.28. The highest BCUT2D eigenvalue weighted by Crippen LogP contribution is 2.40. The summed E-state index contributed by atoms with van der Waals surface area (Å²) in [4.78, 5) is 24.2. The van der Waals surface area contributed by atoms with Gasteiger partial charge in [0.2, 0.25) is 5.88 Å². The van der Waals surface area contributed by atoms with E-state index in [0.29, 0.717) is 17.9 Å². The molecule has 3 heterocycles. The number of nitrogens with zero attached hydrogens (tertiary/aromatic N) is 3. The maximum absolute atomic E-state index is 12.6. The van der Waals surface area contributed by atoms with Crippen molar-refractivity contribution in [2.75, 3.05) is 24.6 Å².